The van der Waals surface area contributed by atoms with Gasteiger partial charge in [-0.2, -0.15) is 0 Å². The summed E-state index contributed by atoms with van der Waals surface area (Å²) in [6.45, 7) is 0. The molecule has 0 saturated heterocycles. The molecule has 0 N–H and O–H groups in total. The third-order valence-electron chi connectivity index (χ3n) is 9.13. The first-order valence-corrected chi connectivity index (χ1v) is 16.8. The molecule has 0 radical (unpaired) electrons. The molecule has 4 heteroatoms. The molecule has 7 aromatic carbocycles. The predicted molar refractivity (Wildman–Crippen MR) is 188 cm³/mol. The van der Waals surface area contributed by atoms with Crippen LogP contribution in [0.5, 0.6) is 0 Å². The van der Waals surface area contributed by atoms with Crippen LogP contribution in [0, 0.1) is 0 Å². The highest BCUT2D eigenvalue weighted by Crippen LogP contribution is 2.45. The molecular formula is C42H27NO2S. The zero-order chi connectivity index (χ0) is 30.8. The summed E-state index contributed by atoms with van der Waals surface area (Å²) in [5.41, 5.74) is 11.6. The van der Waals surface area contributed by atoms with E-state index < -0.39 is 9.84 Å². The first-order valence-electron chi connectivity index (χ1n) is 15.3. The van der Waals surface area contributed by atoms with Crippen molar-refractivity contribution >= 4 is 31.6 Å². The lowest BCUT2D eigenvalue weighted by Crippen LogP contribution is -1.96. The lowest BCUT2D eigenvalue weighted by Gasteiger charge is -2.14. The van der Waals surface area contributed by atoms with Gasteiger partial charge < -0.3 is 4.57 Å². The Balaban J connectivity index is 1.25. The minimum absolute atomic E-state index is 0.377. The number of nitrogens with zero attached hydrogens (tertiary/aromatic N) is 1. The molecule has 1 aliphatic heterocycles. The fraction of sp³-hybridized carbons (Fsp3) is 0. The molecule has 0 aliphatic carbocycles. The van der Waals surface area contributed by atoms with Crippen molar-refractivity contribution in [1.29, 1.82) is 0 Å². The highest BCUT2D eigenvalue weighted by molar-refractivity contribution is 7.92. The topological polar surface area (TPSA) is 39.1 Å². The van der Waals surface area contributed by atoms with Gasteiger partial charge in [0.25, 0.3) is 0 Å². The van der Waals surface area contributed by atoms with Crippen LogP contribution in [-0.2, 0) is 9.84 Å². The van der Waals surface area contributed by atoms with E-state index in [1.807, 2.05) is 24.3 Å². The molecule has 0 unspecified atom stereocenters. The molecule has 0 fully saturated rings. The van der Waals surface area contributed by atoms with Gasteiger partial charge in [-0.15, -0.1) is 0 Å². The predicted octanol–water partition coefficient (Wildman–Crippen LogP) is 10.6. The number of para-hydroxylation sites is 1. The van der Waals surface area contributed by atoms with Crippen molar-refractivity contribution in [2.75, 3.05) is 0 Å². The van der Waals surface area contributed by atoms with Crippen LogP contribution in [0.25, 0.3) is 72.0 Å². The van der Waals surface area contributed by atoms with Crippen molar-refractivity contribution in [3.63, 3.8) is 0 Å². The molecule has 3 nitrogen and oxygen atoms in total. The Bertz CT molecular complexity index is 2530. The van der Waals surface area contributed by atoms with E-state index in [4.69, 9.17) is 0 Å². The maximum Gasteiger partial charge on any atom is 0.207 e. The summed E-state index contributed by atoms with van der Waals surface area (Å²) in [5.74, 6) is 0. The quantitative estimate of drug-likeness (QED) is 0.199. The number of sulfone groups is 1. The van der Waals surface area contributed by atoms with Gasteiger partial charge in [-0.25, -0.2) is 8.42 Å². The second kappa shape index (κ2) is 10.2. The number of hydrogen-bond acceptors (Lipinski definition) is 2. The maximum absolute atomic E-state index is 13.2. The van der Waals surface area contributed by atoms with Gasteiger partial charge in [-0.05, 0) is 88.0 Å². The van der Waals surface area contributed by atoms with Crippen LogP contribution in [0.3, 0.4) is 0 Å². The summed E-state index contributed by atoms with van der Waals surface area (Å²) in [5, 5.41) is 2.31. The van der Waals surface area contributed by atoms with Crippen molar-refractivity contribution in [3.8, 4) is 50.2 Å². The average molecular weight is 610 g/mol. The Morgan fingerprint density at radius 1 is 0.370 bits per heavy atom. The Labute approximate surface area is 267 Å². The van der Waals surface area contributed by atoms with Crippen molar-refractivity contribution < 1.29 is 8.42 Å². The molecular weight excluding hydrogens is 583 g/mol. The number of hydrogen-bond donors (Lipinski definition) is 0. The molecule has 0 atom stereocenters. The third-order valence-corrected chi connectivity index (χ3v) is 11.0. The monoisotopic (exact) mass is 609 g/mol. The van der Waals surface area contributed by atoms with Gasteiger partial charge in [0.1, 0.15) is 0 Å². The van der Waals surface area contributed by atoms with Crippen LogP contribution in [0.1, 0.15) is 0 Å². The number of benzene rings is 7. The van der Waals surface area contributed by atoms with Crippen molar-refractivity contribution in [3.05, 3.63) is 164 Å². The summed E-state index contributed by atoms with van der Waals surface area (Å²) in [6.07, 6.45) is 0. The Kier molecular flexibility index (Phi) is 5.89. The summed E-state index contributed by atoms with van der Waals surface area (Å²) < 4.78 is 28.8. The lowest BCUT2D eigenvalue weighted by atomic mass is 9.97. The number of aromatic nitrogens is 1. The normalized spacial score (nSPS) is 13.1. The van der Waals surface area contributed by atoms with Crippen LogP contribution < -0.4 is 0 Å². The van der Waals surface area contributed by atoms with Crippen molar-refractivity contribution in [2.24, 2.45) is 0 Å². The molecule has 0 spiro atoms. The second-order valence-corrected chi connectivity index (χ2v) is 13.7. The zero-order valence-electron chi connectivity index (χ0n) is 24.8. The van der Waals surface area contributed by atoms with Gasteiger partial charge in [-0.1, -0.05) is 109 Å². The Morgan fingerprint density at radius 3 is 1.67 bits per heavy atom. The zero-order valence-corrected chi connectivity index (χ0v) is 25.6. The average Bonchev–Trinajstić information content (AvgIpc) is 3.57. The van der Waals surface area contributed by atoms with E-state index in [0.29, 0.717) is 9.79 Å². The Morgan fingerprint density at radius 2 is 0.935 bits per heavy atom. The number of fused-ring (bicyclic) bond motifs is 6. The van der Waals surface area contributed by atoms with Crippen LogP contribution in [0.2, 0.25) is 0 Å². The number of rotatable bonds is 4. The molecule has 1 aromatic heterocycles. The minimum Gasteiger partial charge on any atom is -0.309 e. The van der Waals surface area contributed by atoms with Crippen LogP contribution in [-0.4, -0.2) is 13.0 Å². The van der Waals surface area contributed by atoms with E-state index in [0.717, 1.165) is 55.5 Å². The minimum atomic E-state index is -3.51. The molecule has 46 heavy (non-hydrogen) atoms. The smallest absolute Gasteiger partial charge is 0.207 e. The highest BCUT2D eigenvalue weighted by Gasteiger charge is 2.32. The van der Waals surface area contributed by atoms with E-state index >= 15 is 0 Å². The first-order chi connectivity index (χ1) is 22.6. The van der Waals surface area contributed by atoms with Crippen LogP contribution >= 0.6 is 0 Å². The van der Waals surface area contributed by atoms with Gasteiger partial charge in [0.05, 0.1) is 20.8 Å². The van der Waals surface area contributed by atoms with Gasteiger partial charge in [0.2, 0.25) is 9.84 Å². The standard InChI is InChI=1S/C42H27NO2S/c44-46(45)41-18-10-8-16-36(41)38-27-31(20-22-42(38)46)30-19-21-40-37(26-30)35-15-7-9-17-39(35)43(40)34-24-32(28-11-3-1-4-12-28)23-33(25-34)29-13-5-2-6-14-29/h1-27H. The molecule has 218 valence electrons. The second-order valence-electron chi connectivity index (χ2n) is 11.8. The molecule has 0 amide bonds. The van der Waals surface area contributed by atoms with Gasteiger partial charge in [-0.3, -0.25) is 0 Å². The van der Waals surface area contributed by atoms with E-state index in [2.05, 4.69) is 126 Å². The summed E-state index contributed by atoms with van der Waals surface area (Å²) in [4.78, 5) is 0.760. The lowest BCUT2D eigenvalue weighted by molar-refractivity contribution is 0.598. The molecule has 8 aromatic rings. The van der Waals surface area contributed by atoms with Crippen molar-refractivity contribution in [2.45, 2.75) is 9.79 Å². The largest absolute Gasteiger partial charge is 0.309 e. The first kappa shape index (κ1) is 26.7. The SMILES string of the molecule is O=S1(=O)c2ccccc2-c2cc(-c3ccc4c(c3)c3ccccc3n4-c3cc(-c4ccccc4)cc(-c4ccccc4)c3)ccc21. The van der Waals surface area contributed by atoms with E-state index in [1.54, 1.807) is 18.2 Å². The summed E-state index contributed by atoms with van der Waals surface area (Å²) in [7, 11) is -3.51. The molecule has 0 bridgehead atoms. The van der Waals surface area contributed by atoms with Gasteiger partial charge in [0, 0.05) is 27.6 Å². The van der Waals surface area contributed by atoms with E-state index in [-0.39, 0.29) is 0 Å². The molecule has 0 saturated carbocycles. The summed E-state index contributed by atoms with van der Waals surface area (Å²) >= 11 is 0. The highest BCUT2D eigenvalue weighted by atomic mass is 32.2. The Hall–Kier alpha value is -5.71. The van der Waals surface area contributed by atoms with E-state index in [9.17, 15) is 8.42 Å². The van der Waals surface area contributed by atoms with Crippen LogP contribution in [0.15, 0.2) is 174 Å². The van der Waals surface area contributed by atoms with Gasteiger partial charge in [0.15, 0.2) is 0 Å². The maximum atomic E-state index is 13.2. The van der Waals surface area contributed by atoms with Crippen LogP contribution in [0.4, 0.5) is 0 Å². The van der Waals surface area contributed by atoms with Crippen molar-refractivity contribution in [1.82, 2.24) is 4.57 Å². The third kappa shape index (κ3) is 4.08. The molecule has 2 heterocycles. The van der Waals surface area contributed by atoms with E-state index in [1.165, 1.54) is 16.5 Å². The summed E-state index contributed by atoms with van der Waals surface area (Å²) in [6, 6.07) is 56.0. The van der Waals surface area contributed by atoms with Gasteiger partial charge >= 0.3 is 0 Å². The molecule has 1 aliphatic rings. The fourth-order valence-electron chi connectivity index (χ4n) is 6.96. The fourth-order valence-corrected chi connectivity index (χ4v) is 8.63. The molecule has 9 rings (SSSR count).